The SMILES string of the molecule is O=S(=O)(O)C(OCC(O)CO)c1cc[c-]cc1.[Na+]. The molecule has 0 amide bonds. The maximum atomic E-state index is 11.1. The molecule has 0 aliphatic rings. The van der Waals surface area contributed by atoms with E-state index in [9.17, 15) is 8.42 Å². The maximum absolute atomic E-state index is 11.1. The molecule has 0 aliphatic heterocycles. The first-order valence-corrected chi connectivity index (χ1v) is 6.28. The van der Waals surface area contributed by atoms with Gasteiger partial charge in [0.15, 0.2) is 5.44 Å². The van der Waals surface area contributed by atoms with Crippen LogP contribution < -0.4 is 29.6 Å². The molecule has 6 nitrogen and oxygen atoms in total. The molecule has 18 heavy (non-hydrogen) atoms. The fraction of sp³-hybridized carbons (Fsp3) is 0.400. The third kappa shape index (κ3) is 5.77. The molecule has 1 aromatic rings. The van der Waals surface area contributed by atoms with Crippen LogP contribution in [-0.4, -0.2) is 42.5 Å². The zero-order valence-electron chi connectivity index (χ0n) is 9.85. The van der Waals surface area contributed by atoms with Gasteiger partial charge in [-0.15, -0.1) is 5.56 Å². The molecule has 2 unspecified atom stereocenters. The predicted octanol–water partition coefficient (Wildman–Crippen LogP) is -3.25. The molecule has 1 aromatic carbocycles. The Hall–Kier alpha value is 0.01000. The Balaban J connectivity index is 0.00000289. The van der Waals surface area contributed by atoms with E-state index in [1.807, 2.05) is 0 Å². The molecule has 0 saturated heterocycles. The Morgan fingerprint density at radius 1 is 1.33 bits per heavy atom. The van der Waals surface area contributed by atoms with Gasteiger partial charge in [-0.3, -0.25) is 4.55 Å². The number of ether oxygens (including phenoxy) is 1. The molecule has 8 heteroatoms. The van der Waals surface area contributed by atoms with Crippen molar-refractivity contribution in [1.82, 2.24) is 0 Å². The van der Waals surface area contributed by atoms with Crippen molar-refractivity contribution in [3.63, 3.8) is 0 Å². The van der Waals surface area contributed by atoms with Crippen molar-refractivity contribution in [2.45, 2.75) is 11.5 Å². The minimum absolute atomic E-state index is 0. The van der Waals surface area contributed by atoms with Gasteiger partial charge in [0.25, 0.3) is 10.1 Å². The number of benzene rings is 1. The van der Waals surface area contributed by atoms with E-state index in [2.05, 4.69) is 6.07 Å². The third-order valence-electron chi connectivity index (χ3n) is 1.94. The molecule has 0 fully saturated rings. The van der Waals surface area contributed by atoms with Crippen LogP contribution in [0, 0.1) is 6.07 Å². The van der Waals surface area contributed by atoms with Gasteiger partial charge < -0.3 is 14.9 Å². The van der Waals surface area contributed by atoms with Gasteiger partial charge in [0.1, 0.15) is 6.10 Å². The van der Waals surface area contributed by atoms with E-state index in [4.69, 9.17) is 19.5 Å². The summed E-state index contributed by atoms with van der Waals surface area (Å²) in [4.78, 5) is 0. The minimum Gasteiger partial charge on any atom is -0.394 e. The van der Waals surface area contributed by atoms with Crippen LogP contribution in [0.4, 0.5) is 0 Å². The third-order valence-corrected chi connectivity index (χ3v) is 2.89. The normalized spacial score (nSPS) is 14.6. The Morgan fingerprint density at radius 2 is 1.89 bits per heavy atom. The Bertz CT molecular complexity index is 435. The van der Waals surface area contributed by atoms with Gasteiger partial charge >= 0.3 is 29.6 Å². The average molecular weight is 284 g/mol. The van der Waals surface area contributed by atoms with Gasteiger partial charge in [-0.05, 0) is 0 Å². The Labute approximate surface area is 128 Å². The zero-order chi connectivity index (χ0) is 12.9. The van der Waals surface area contributed by atoms with E-state index < -0.39 is 34.9 Å². The first-order valence-electron chi connectivity index (χ1n) is 4.78. The van der Waals surface area contributed by atoms with Crippen LogP contribution in [0.1, 0.15) is 11.0 Å². The van der Waals surface area contributed by atoms with E-state index in [-0.39, 0.29) is 35.1 Å². The summed E-state index contributed by atoms with van der Waals surface area (Å²) >= 11 is 0. The summed E-state index contributed by atoms with van der Waals surface area (Å²) < 4.78 is 36.1. The van der Waals surface area contributed by atoms with Crippen molar-refractivity contribution in [1.29, 1.82) is 0 Å². The van der Waals surface area contributed by atoms with Crippen LogP contribution in [0.2, 0.25) is 0 Å². The van der Waals surface area contributed by atoms with Crippen LogP contribution in [0.3, 0.4) is 0 Å². The van der Waals surface area contributed by atoms with E-state index in [0.717, 1.165) is 0 Å². The van der Waals surface area contributed by atoms with Gasteiger partial charge in [-0.2, -0.15) is 38.7 Å². The summed E-state index contributed by atoms with van der Waals surface area (Å²) in [5.74, 6) is 0. The van der Waals surface area contributed by atoms with Crippen LogP contribution in [-0.2, 0) is 14.9 Å². The molecule has 0 aliphatic carbocycles. The Morgan fingerprint density at radius 3 is 2.33 bits per heavy atom. The topological polar surface area (TPSA) is 104 Å². The number of hydrogen-bond donors (Lipinski definition) is 3. The van der Waals surface area contributed by atoms with Crippen LogP contribution in [0.5, 0.6) is 0 Å². The van der Waals surface area contributed by atoms with Crippen molar-refractivity contribution in [3.05, 3.63) is 35.9 Å². The number of hydrogen-bond acceptors (Lipinski definition) is 5. The first-order chi connectivity index (χ1) is 7.95. The van der Waals surface area contributed by atoms with Gasteiger partial charge in [0, 0.05) is 0 Å². The molecule has 1 rings (SSSR count). The quantitative estimate of drug-likeness (QED) is 0.288. The monoisotopic (exact) mass is 284 g/mol. The maximum Gasteiger partial charge on any atom is 1.00 e. The zero-order valence-corrected chi connectivity index (χ0v) is 12.7. The summed E-state index contributed by atoms with van der Waals surface area (Å²) in [6, 6.07) is 8.48. The number of aliphatic hydroxyl groups is 2. The largest absolute Gasteiger partial charge is 1.00 e. The van der Waals surface area contributed by atoms with Crippen molar-refractivity contribution < 1.29 is 57.5 Å². The number of aliphatic hydroxyl groups excluding tert-OH is 2. The van der Waals surface area contributed by atoms with Crippen LogP contribution in [0.25, 0.3) is 0 Å². The van der Waals surface area contributed by atoms with E-state index in [1.165, 1.54) is 24.3 Å². The van der Waals surface area contributed by atoms with Crippen molar-refractivity contribution in [3.8, 4) is 0 Å². The predicted molar refractivity (Wildman–Crippen MR) is 58.6 cm³/mol. The van der Waals surface area contributed by atoms with E-state index in [1.54, 1.807) is 0 Å². The number of rotatable bonds is 6. The van der Waals surface area contributed by atoms with Gasteiger partial charge in [-0.25, -0.2) is 0 Å². The molecule has 0 heterocycles. The summed E-state index contributed by atoms with van der Waals surface area (Å²) in [5, 5.41) is 17.6. The van der Waals surface area contributed by atoms with Crippen molar-refractivity contribution in [2.75, 3.05) is 13.2 Å². The molecular formula is C10H13NaO6S. The fourth-order valence-electron chi connectivity index (χ4n) is 1.16. The second-order valence-electron chi connectivity index (χ2n) is 3.35. The summed E-state index contributed by atoms with van der Waals surface area (Å²) in [6.45, 7) is -0.958. The molecule has 0 bridgehead atoms. The second kappa shape index (κ2) is 8.23. The van der Waals surface area contributed by atoms with E-state index >= 15 is 0 Å². The molecular weight excluding hydrogens is 271 g/mol. The summed E-state index contributed by atoms with van der Waals surface area (Å²) in [6.07, 6.45) is -1.20. The Kier molecular flexibility index (Phi) is 8.24. The van der Waals surface area contributed by atoms with Crippen LogP contribution in [0.15, 0.2) is 24.3 Å². The average Bonchev–Trinajstić information content (AvgIpc) is 2.28. The molecule has 2 atom stereocenters. The smallest absolute Gasteiger partial charge is 0.394 e. The minimum atomic E-state index is -4.45. The summed E-state index contributed by atoms with van der Waals surface area (Å²) in [7, 11) is -4.45. The fourth-order valence-corrected chi connectivity index (χ4v) is 1.91. The molecule has 0 spiro atoms. The van der Waals surface area contributed by atoms with Gasteiger partial charge in [0.2, 0.25) is 0 Å². The van der Waals surface area contributed by atoms with Crippen LogP contribution >= 0.6 is 0 Å². The van der Waals surface area contributed by atoms with Gasteiger partial charge in [0.05, 0.1) is 13.2 Å². The molecule has 3 N–H and O–H groups in total. The van der Waals surface area contributed by atoms with Crippen molar-refractivity contribution in [2.24, 2.45) is 0 Å². The molecule has 0 radical (unpaired) electrons. The van der Waals surface area contributed by atoms with E-state index in [0.29, 0.717) is 0 Å². The standard InChI is InChI=1S/C10H13O6S.Na/c11-6-9(12)7-16-10(17(13,14)15)8-4-2-1-3-5-8;/h2-5,9-12H,6-7H2,(H,13,14,15);/q-1;+1. The van der Waals surface area contributed by atoms with Gasteiger partial charge in [-0.1, -0.05) is 0 Å². The molecule has 0 saturated carbocycles. The first kappa shape index (κ1) is 18.0. The van der Waals surface area contributed by atoms with Crippen molar-refractivity contribution >= 4 is 10.1 Å². The molecule has 96 valence electrons. The summed E-state index contributed by atoms with van der Waals surface area (Å²) in [5.41, 5.74) is -1.37. The second-order valence-corrected chi connectivity index (χ2v) is 4.81. The molecule has 0 aromatic heterocycles.